The summed E-state index contributed by atoms with van der Waals surface area (Å²) >= 11 is 1.60. The van der Waals surface area contributed by atoms with Crippen molar-refractivity contribution in [2.75, 3.05) is 11.1 Å². The van der Waals surface area contributed by atoms with Crippen molar-refractivity contribution in [1.29, 1.82) is 0 Å². The molecule has 4 nitrogen and oxygen atoms in total. The molecule has 0 radical (unpaired) electrons. The summed E-state index contributed by atoms with van der Waals surface area (Å²) in [6.45, 7) is 0. The summed E-state index contributed by atoms with van der Waals surface area (Å²) in [5.41, 5.74) is 4.46. The minimum absolute atomic E-state index is 0.00876. The van der Waals surface area contributed by atoms with Gasteiger partial charge in [-0.2, -0.15) is 0 Å². The summed E-state index contributed by atoms with van der Waals surface area (Å²) in [4.78, 5) is 16.6. The van der Waals surface area contributed by atoms with E-state index in [-0.39, 0.29) is 5.91 Å². The molecule has 0 aliphatic carbocycles. The summed E-state index contributed by atoms with van der Waals surface area (Å²) < 4.78 is 5.77. The summed E-state index contributed by atoms with van der Waals surface area (Å²) in [6.07, 6.45) is 0. The second kappa shape index (κ2) is 8.10. The van der Waals surface area contributed by atoms with E-state index in [9.17, 15) is 4.79 Å². The Kier molecular flexibility index (Phi) is 5.21. The molecule has 27 heavy (non-hydrogen) atoms. The van der Waals surface area contributed by atoms with Gasteiger partial charge in [-0.1, -0.05) is 42.5 Å². The van der Waals surface area contributed by atoms with Gasteiger partial charge in [0.1, 0.15) is 5.52 Å². The summed E-state index contributed by atoms with van der Waals surface area (Å²) in [7, 11) is 0. The first kappa shape index (κ1) is 17.4. The predicted octanol–water partition coefficient (Wildman–Crippen LogP) is 5.37. The zero-order valence-electron chi connectivity index (χ0n) is 14.6. The van der Waals surface area contributed by atoms with Crippen LogP contribution in [0.2, 0.25) is 0 Å². The number of nitrogens with one attached hydrogen (secondary N) is 1. The quantitative estimate of drug-likeness (QED) is 0.493. The number of carbonyl (C=O) groups is 1. The highest BCUT2D eigenvalue weighted by atomic mass is 32.2. The Morgan fingerprint density at radius 1 is 0.926 bits per heavy atom. The number of thioether (sulfide) groups is 1. The number of amides is 1. The molecule has 1 aromatic heterocycles. The van der Waals surface area contributed by atoms with Gasteiger partial charge in [0.05, 0.1) is 5.75 Å². The molecule has 0 saturated heterocycles. The topological polar surface area (TPSA) is 55.1 Å². The molecule has 1 amide bonds. The maximum Gasteiger partial charge on any atom is 0.234 e. The minimum atomic E-state index is -0.00876. The van der Waals surface area contributed by atoms with Gasteiger partial charge < -0.3 is 9.73 Å². The fourth-order valence-corrected chi connectivity index (χ4v) is 3.51. The zero-order chi connectivity index (χ0) is 18.5. The number of carbonyl (C=O) groups excluding carboxylic acids is 1. The van der Waals surface area contributed by atoms with Crippen molar-refractivity contribution < 1.29 is 9.21 Å². The highest BCUT2D eigenvalue weighted by Crippen LogP contribution is 2.25. The molecule has 0 saturated carbocycles. The summed E-state index contributed by atoms with van der Waals surface area (Å²) in [5.74, 6) is 1.81. The lowest BCUT2D eigenvalue weighted by Gasteiger charge is -2.06. The van der Waals surface area contributed by atoms with Gasteiger partial charge in [0, 0.05) is 17.0 Å². The monoisotopic (exact) mass is 374 g/mol. The maximum atomic E-state index is 12.1. The van der Waals surface area contributed by atoms with Crippen LogP contribution in [-0.2, 0) is 10.5 Å². The van der Waals surface area contributed by atoms with Gasteiger partial charge in [-0.05, 0) is 42.0 Å². The standard InChI is InChI=1S/C22H18N2O2S/c25-21(15-27-14-16-6-2-1-3-7-16)23-18-12-10-17(11-13-18)22-24-19-8-4-5-9-20(19)26-22/h1-13H,14-15H2,(H,23,25). The fraction of sp³-hybridized carbons (Fsp3) is 0.0909. The molecule has 134 valence electrons. The van der Waals surface area contributed by atoms with Crippen LogP contribution in [0.3, 0.4) is 0 Å². The average molecular weight is 374 g/mol. The summed E-state index contributed by atoms with van der Waals surface area (Å²) in [6, 6.07) is 25.3. The molecule has 4 rings (SSSR count). The summed E-state index contributed by atoms with van der Waals surface area (Å²) in [5, 5.41) is 2.92. The van der Waals surface area contributed by atoms with Crippen molar-refractivity contribution in [3.8, 4) is 11.5 Å². The van der Waals surface area contributed by atoms with Gasteiger partial charge in [0.2, 0.25) is 11.8 Å². The van der Waals surface area contributed by atoms with E-state index in [0.717, 1.165) is 28.1 Å². The Bertz CT molecular complexity index is 1010. The first-order valence-electron chi connectivity index (χ1n) is 8.65. The molecule has 3 aromatic carbocycles. The lowest BCUT2D eigenvalue weighted by Crippen LogP contribution is -2.14. The number of anilines is 1. The van der Waals surface area contributed by atoms with E-state index < -0.39 is 0 Å². The Morgan fingerprint density at radius 3 is 2.44 bits per heavy atom. The first-order chi connectivity index (χ1) is 13.3. The van der Waals surface area contributed by atoms with Crippen LogP contribution in [-0.4, -0.2) is 16.6 Å². The van der Waals surface area contributed by atoms with E-state index >= 15 is 0 Å². The minimum Gasteiger partial charge on any atom is -0.436 e. The van der Waals surface area contributed by atoms with Gasteiger partial charge in [-0.25, -0.2) is 4.98 Å². The fourth-order valence-electron chi connectivity index (χ4n) is 2.72. The average Bonchev–Trinajstić information content (AvgIpc) is 3.13. The third-order valence-corrected chi connectivity index (χ3v) is 5.06. The Hall–Kier alpha value is -3.05. The molecule has 0 fully saturated rings. The second-order valence-electron chi connectivity index (χ2n) is 6.09. The Morgan fingerprint density at radius 2 is 1.67 bits per heavy atom. The highest BCUT2D eigenvalue weighted by molar-refractivity contribution is 7.99. The number of para-hydroxylation sites is 2. The van der Waals surface area contributed by atoms with Crippen LogP contribution in [0.4, 0.5) is 5.69 Å². The number of aromatic nitrogens is 1. The molecule has 0 spiro atoms. The van der Waals surface area contributed by atoms with Crippen molar-refractivity contribution in [3.63, 3.8) is 0 Å². The molecule has 0 atom stereocenters. The van der Waals surface area contributed by atoms with E-state index in [2.05, 4.69) is 22.4 Å². The number of benzene rings is 3. The Labute approximate surface area is 161 Å². The molecule has 0 bridgehead atoms. The third kappa shape index (κ3) is 4.38. The van der Waals surface area contributed by atoms with Crippen molar-refractivity contribution in [1.82, 2.24) is 4.98 Å². The molecule has 5 heteroatoms. The Balaban J connectivity index is 1.34. The zero-order valence-corrected chi connectivity index (χ0v) is 15.4. The van der Waals surface area contributed by atoms with E-state index in [1.807, 2.05) is 66.7 Å². The van der Waals surface area contributed by atoms with Crippen LogP contribution in [0, 0.1) is 0 Å². The number of fused-ring (bicyclic) bond motifs is 1. The van der Waals surface area contributed by atoms with Crippen LogP contribution >= 0.6 is 11.8 Å². The third-order valence-electron chi connectivity index (χ3n) is 4.05. The smallest absolute Gasteiger partial charge is 0.234 e. The molecule has 1 heterocycles. The molecular weight excluding hydrogens is 356 g/mol. The van der Waals surface area contributed by atoms with E-state index in [4.69, 9.17) is 4.42 Å². The van der Waals surface area contributed by atoms with Gasteiger partial charge in [0.25, 0.3) is 0 Å². The normalized spacial score (nSPS) is 10.8. The maximum absolute atomic E-state index is 12.1. The lowest BCUT2D eigenvalue weighted by molar-refractivity contribution is -0.113. The van der Waals surface area contributed by atoms with E-state index in [0.29, 0.717) is 11.6 Å². The van der Waals surface area contributed by atoms with Crippen molar-refractivity contribution in [3.05, 3.63) is 84.4 Å². The molecule has 0 unspecified atom stereocenters. The lowest BCUT2D eigenvalue weighted by atomic mass is 10.2. The van der Waals surface area contributed by atoms with Crippen LogP contribution in [0.1, 0.15) is 5.56 Å². The van der Waals surface area contributed by atoms with Crippen LogP contribution < -0.4 is 5.32 Å². The predicted molar refractivity (Wildman–Crippen MR) is 111 cm³/mol. The number of rotatable bonds is 6. The van der Waals surface area contributed by atoms with Crippen LogP contribution in [0.25, 0.3) is 22.6 Å². The van der Waals surface area contributed by atoms with E-state index in [1.165, 1.54) is 5.56 Å². The van der Waals surface area contributed by atoms with E-state index in [1.54, 1.807) is 11.8 Å². The van der Waals surface area contributed by atoms with Crippen molar-refractivity contribution in [2.24, 2.45) is 0 Å². The van der Waals surface area contributed by atoms with Crippen molar-refractivity contribution in [2.45, 2.75) is 5.75 Å². The van der Waals surface area contributed by atoms with Gasteiger partial charge >= 0.3 is 0 Å². The number of nitrogens with zero attached hydrogens (tertiary/aromatic N) is 1. The van der Waals surface area contributed by atoms with Gasteiger partial charge in [-0.3, -0.25) is 4.79 Å². The SMILES string of the molecule is O=C(CSCc1ccccc1)Nc1ccc(-c2nc3ccccc3o2)cc1. The van der Waals surface area contributed by atoms with Crippen LogP contribution in [0.15, 0.2) is 83.3 Å². The number of hydrogen-bond donors (Lipinski definition) is 1. The van der Waals surface area contributed by atoms with Crippen molar-refractivity contribution >= 4 is 34.5 Å². The molecule has 1 N–H and O–H groups in total. The first-order valence-corrected chi connectivity index (χ1v) is 9.81. The number of hydrogen-bond acceptors (Lipinski definition) is 4. The highest BCUT2D eigenvalue weighted by Gasteiger charge is 2.08. The largest absolute Gasteiger partial charge is 0.436 e. The second-order valence-corrected chi connectivity index (χ2v) is 7.08. The molecule has 0 aliphatic heterocycles. The molecule has 4 aromatic rings. The van der Waals surface area contributed by atoms with Gasteiger partial charge in [0.15, 0.2) is 5.58 Å². The molecule has 0 aliphatic rings. The molecular formula is C22H18N2O2S. The van der Waals surface area contributed by atoms with Crippen LogP contribution in [0.5, 0.6) is 0 Å². The van der Waals surface area contributed by atoms with Gasteiger partial charge in [-0.15, -0.1) is 11.8 Å². The number of oxazole rings is 1.